The van der Waals surface area contributed by atoms with E-state index in [9.17, 15) is 15.0 Å². The van der Waals surface area contributed by atoms with Gasteiger partial charge in [0.1, 0.15) is 0 Å². The fourth-order valence-corrected chi connectivity index (χ4v) is 4.06. The van der Waals surface area contributed by atoms with Crippen molar-refractivity contribution in [2.45, 2.75) is 71.2 Å². The molecular weight excluding hydrogens is 336 g/mol. The molecule has 9 atom stereocenters. The lowest BCUT2D eigenvalue weighted by Crippen LogP contribution is -2.64. The van der Waals surface area contributed by atoms with Crippen LogP contribution >= 0.6 is 0 Å². The van der Waals surface area contributed by atoms with E-state index in [0.717, 1.165) is 6.08 Å². The molecule has 2 aliphatic rings. The second-order valence-electron chi connectivity index (χ2n) is 7.93. The van der Waals surface area contributed by atoms with Crippen LogP contribution in [0.25, 0.3) is 0 Å². The van der Waals surface area contributed by atoms with Crippen molar-refractivity contribution in [1.82, 2.24) is 0 Å². The molecular formula is C20H32O6. The van der Waals surface area contributed by atoms with Gasteiger partial charge in [0.05, 0.1) is 24.4 Å². The van der Waals surface area contributed by atoms with Gasteiger partial charge in [-0.1, -0.05) is 45.9 Å². The van der Waals surface area contributed by atoms with E-state index in [1.165, 1.54) is 6.08 Å². The van der Waals surface area contributed by atoms with E-state index in [-0.39, 0.29) is 35.9 Å². The van der Waals surface area contributed by atoms with Gasteiger partial charge >= 0.3 is 5.97 Å². The Morgan fingerprint density at radius 2 is 1.77 bits per heavy atom. The first kappa shape index (κ1) is 21.1. The molecule has 148 valence electrons. The van der Waals surface area contributed by atoms with Gasteiger partial charge < -0.3 is 24.8 Å². The highest BCUT2D eigenvalue weighted by Gasteiger charge is 2.56. The summed E-state index contributed by atoms with van der Waals surface area (Å²) in [7, 11) is 0. The minimum Gasteiger partial charge on any atom is -0.478 e. The van der Waals surface area contributed by atoms with Gasteiger partial charge in [0.25, 0.3) is 0 Å². The second kappa shape index (κ2) is 8.21. The maximum atomic E-state index is 10.8. The van der Waals surface area contributed by atoms with Crippen molar-refractivity contribution in [3.8, 4) is 0 Å². The predicted molar refractivity (Wildman–Crippen MR) is 97.4 cm³/mol. The Morgan fingerprint density at radius 1 is 1.12 bits per heavy atom. The Balaban J connectivity index is 2.21. The summed E-state index contributed by atoms with van der Waals surface area (Å²) in [6.45, 7) is 9.69. The Bertz CT molecular complexity index is 545. The van der Waals surface area contributed by atoms with Gasteiger partial charge in [0.15, 0.2) is 5.79 Å². The number of ether oxygens (including phenoxy) is 2. The third-order valence-corrected chi connectivity index (χ3v) is 6.11. The quantitative estimate of drug-likeness (QED) is 0.521. The van der Waals surface area contributed by atoms with E-state index in [1.54, 1.807) is 6.08 Å². The molecule has 2 aliphatic heterocycles. The number of hydrogen-bond donors (Lipinski definition) is 3. The molecule has 0 aromatic carbocycles. The van der Waals surface area contributed by atoms with E-state index in [1.807, 2.05) is 40.7 Å². The molecule has 2 rings (SSSR count). The number of carbonyl (C=O) groups is 1. The Hall–Kier alpha value is -1.21. The summed E-state index contributed by atoms with van der Waals surface area (Å²) in [5.74, 6) is -2.44. The van der Waals surface area contributed by atoms with Crippen molar-refractivity contribution in [2.24, 2.45) is 23.7 Å². The average Bonchev–Trinajstić information content (AvgIpc) is 2.57. The summed E-state index contributed by atoms with van der Waals surface area (Å²) >= 11 is 0. The minimum atomic E-state index is -1.01. The van der Waals surface area contributed by atoms with Gasteiger partial charge in [0, 0.05) is 36.2 Å². The topological polar surface area (TPSA) is 96.2 Å². The molecule has 2 saturated heterocycles. The number of aliphatic hydroxyl groups is 2. The van der Waals surface area contributed by atoms with Crippen LogP contribution in [0.4, 0.5) is 0 Å². The fraction of sp³-hybridized carbons (Fsp3) is 0.750. The lowest BCUT2D eigenvalue weighted by atomic mass is 9.73. The zero-order valence-electron chi connectivity index (χ0n) is 16.2. The number of rotatable bonds is 4. The molecule has 0 amide bonds. The summed E-state index contributed by atoms with van der Waals surface area (Å²) in [5.41, 5.74) is 0. The van der Waals surface area contributed by atoms with Gasteiger partial charge in [-0.25, -0.2) is 4.79 Å². The standard InChI is InChI=1S/C20H32O6/c1-11(8-6-7-9-17(22)23)19-13(3)18(24)14(4)20(26-19)10-16(21)12(2)15(5)25-20/h6-9,11-16,18-19,21,24H,10H2,1-5H3,(H,22,23)/t11-,12+,13-,14-,15+,16+,18+,19-,20-/m0/s1. The maximum Gasteiger partial charge on any atom is 0.328 e. The molecule has 0 aromatic rings. The highest BCUT2D eigenvalue weighted by molar-refractivity contribution is 5.80. The molecule has 0 aromatic heterocycles. The average molecular weight is 368 g/mol. The van der Waals surface area contributed by atoms with Crippen LogP contribution in [-0.2, 0) is 14.3 Å². The van der Waals surface area contributed by atoms with Crippen LogP contribution in [0.5, 0.6) is 0 Å². The van der Waals surface area contributed by atoms with Crippen molar-refractivity contribution in [3.05, 3.63) is 24.3 Å². The van der Waals surface area contributed by atoms with Crippen LogP contribution in [0, 0.1) is 23.7 Å². The molecule has 0 radical (unpaired) electrons. The van der Waals surface area contributed by atoms with Crippen LogP contribution in [0.3, 0.4) is 0 Å². The molecule has 0 saturated carbocycles. The Labute approximate surface area is 155 Å². The van der Waals surface area contributed by atoms with E-state index in [0.29, 0.717) is 6.42 Å². The number of aliphatic hydroxyl groups excluding tert-OH is 2. The highest BCUT2D eigenvalue weighted by atomic mass is 16.7. The first-order valence-electron chi connectivity index (χ1n) is 9.38. The Morgan fingerprint density at radius 3 is 2.35 bits per heavy atom. The monoisotopic (exact) mass is 368 g/mol. The van der Waals surface area contributed by atoms with Gasteiger partial charge in [0.2, 0.25) is 0 Å². The number of allylic oxidation sites excluding steroid dienone is 2. The highest BCUT2D eigenvalue weighted by Crippen LogP contribution is 2.47. The van der Waals surface area contributed by atoms with Crippen molar-refractivity contribution in [1.29, 1.82) is 0 Å². The normalized spacial score (nSPS) is 45.4. The lowest BCUT2D eigenvalue weighted by molar-refractivity contribution is -0.381. The van der Waals surface area contributed by atoms with Crippen LogP contribution < -0.4 is 0 Å². The smallest absolute Gasteiger partial charge is 0.328 e. The molecule has 0 bridgehead atoms. The van der Waals surface area contributed by atoms with E-state index in [2.05, 4.69) is 0 Å². The van der Waals surface area contributed by atoms with Crippen molar-refractivity contribution in [2.75, 3.05) is 0 Å². The molecule has 3 N–H and O–H groups in total. The lowest BCUT2D eigenvalue weighted by Gasteiger charge is -2.56. The predicted octanol–water partition coefficient (Wildman–Crippen LogP) is 2.35. The molecule has 26 heavy (non-hydrogen) atoms. The van der Waals surface area contributed by atoms with E-state index >= 15 is 0 Å². The zero-order chi connectivity index (χ0) is 19.6. The number of carboxylic acids is 1. The van der Waals surface area contributed by atoms with E-state index < -0.39 is 24.0 Å². The second-order valence-corrected chi connectivity index (χ2v) is 7.93. The molecule has 2 fully saturated rings. The molecule has 2 heterocycles. The summed E-state index contributed by atoms with van der Waals surface area (Å²) in [4.78, 5) is 10.5. The van der Waals surface area contributed by atoms with Crippen molar-refractivity contribution >= 4 is 5.97 Å². The molecule has 0 aliphatic carbocycles. The summed E-state index contributed by atoms with van der Waals surface area (Å²) < 4.78 is 12.6. The third kappa shape index (κ3) is 4.19. The van der Waals surface area contributed by atoms with Gasteiger partial charge in [-0.15, -0.1) is 0 Å². The summed E-state index contributed by atoms with van der Waals surface area (Å²) in [6.07, 6.45) is 4.75. The van der Waals surface area contributed by atoms with Crippen LogP contribution in [0.1, 0.15) is 41.0 Å². The first-order valence-corrected chi connectivity index (χ1v) is 9.38. The SMILES string of the molecule is C[C@H]1[C@@H](O)[C@H](C)[C@]2(C[C@@H](O)[C@H](C)[C@@H](C)O2)O[C@H]1[C@@H](C)C=CC=CC(=O)O. The van der Waals surface area contributed by atoms with Crippen LogP contribution in [0.15, 0.2) is 24.3 Å². The molecule has 6 heteroatoms. The number of hydrogen-bond acceptors (Lipinski definition) is 5. The maximum absolute atomic E-state index is 10.8. The number of aliphatic carboxylic acids is 1. The van der Waals surface area contributed by atoms with Crippen molar-refractivity contribution in [3.63, 3.8) is 0 Å². The molecule has 1 spiro atoms. The fourth-order valence-electron chi connectivity index (χ4n) is 4.06. The zero-order valence-corrected chi connectivity index (χ0v) is 16.2. The summed E-state index contributed by atoms with van der Waals surface area (Å²) in [6, 6.07) is 0. The molecule has 0 unspecified atom stereocenters. The number of carboxylic acid groups (broad SMARTS) is 1. The molecule has 6 nitrogen and oxygen atoms in total. The largest absolute Gasteiger partial charge is 0.478 e. The van der Waals surface area contributed by atoms with Crippen molar-refractivity contribution < 1.29 is 29.6 Å². The minimum absolute atomic E-state index is 0.00448. The van der Waals surface area contributed by atoms with E-state index in [4.69, 9.17) is 14.6 Å². The summed E-state index contributed by atoms with van der Waals surface area (Å²) in [5, 5.41) is 29.9. The van der Waals surface area contributed by atoms with Gasteiger partial charge in [-0.2, -0.15) is 0 Å². The first-order chi connectivity index (χ1) is 12.1. The van der Waals surface area contributed by atoms with Gasteiger partial charge in [-0.3, -0.25) is 0 Å². The Kier molecular flexibility index (Phi) is 6.66. The van der Waals surface area contributed by atoms with Crippen LogP contribution in [-0.4, -0.2) is 51.5 Å². The van der Waals surface area contributed by atoms with Crippen LogP contribution in [0.2, 0.25) is 0 Å². The van der Waals surface area contributed by atoms with Gasteiger partial charge in [-0.05, 0) is 6.92 Å². The third-order valence-electron chi connectivity index (χ3n) is 6.11.